The summed E-state index contributed by atoms with van der Waals surface area (Å²) in [5.41, 5.74) is 1.86. The third-order valence-electron chi connectivity index (χ3n) is 3.98. The topological polar surface area (TPSA) is 41.6 Å². The molecule has 0 saturated carbocycles. The summed E-state index contributed by atoms with van der Waals surface area (Å²) in [5.74, 6) is 0.431. The van der Waals surface area contributed by atoms with Crippen molar-refractivity contribution in [2.45, 2.75) is 32.9 Å². The van der Waals surface area contributed by atoms with Crippen LogP contribution in [0.5, 0.6) is 0 Å². The lowest BCUT2D eigenvalue weighted by Gasteiger charge is -2.37. The number of carbonyl (C=O) groups is 1. The van der Waals surface area contributed by atoms with Crippen LogP contribution < -0.4 is 5.32 Å². The van der Waals surface area contributed by atoms with E-state index < -0.39 is 0 Å². The van der Waals surface area contributed by atoms with Gasteiger partial charge in [-0.25, -0.2) is 4.79 Å². The molecule has 1 aliphatic heterocycles. The third kappa shape index (κ3) is 4.55. The lowest BCUT2D eigenvalue weighted by Crippen LogP contribution is -2.51. The molecule has 1 fully saturated rings. The zero-order chi connectivity index (χ0) is 15.2. The smallest absolute Gasteiger partial charge is 0.337 e. The van der Waals surface area contributed by atoms with Crippen molar-refractivity contribution >= 4 is 5.97 Å². The average molecular weight is 290 g/mol. The number of esters is 1. The standard InChI is InChI=1S/C17H26N2O2/c1-13(2)10-16-11-18-8-9-19(16)12-14-4-6-15(7-5-14)17(20)21-3/h4-7,13,16,18H,8-12H2,1-3H3/t16-/m0/s1. The van der Waals surface area contributed by atoms with Crippen LogP contribution in [0.2, 0.25) is 0 Å². The van der Waals surface area contributed by atoms with E-state index in [1.807, 2.05) is 24.3 Å². The maximum atomic E-state index is 11.4. The minimum atomic E-state index is -0.276. The molecule has 1 saturated heterocycles. The van der Waals surface area contributed by atoms with Crippen LogP contribution in [0.15, 0.2) is 24.3 Å². The van der Waals surface area contributed by atoms with Crippen LogP contribution in [-0.4, -0.2) is 43.7 Å². The molecule has 1 aromatic rings. The molecule has 1 atom stereocenters. The van der Waals surface area contributed by atoms with Gasteiger partial charge in [0.15, 0.2) is 0 Å². The van der Waals surface area contributed by atoms with Gasteiger partial charge in [-0.3, -0.25) is 4.90 Å². The van der Waals surface area contributed by atoms with Crippen LogP contribution in [0.4, 0.5) is 0 Å². The van der Waals surface area contributed by atoms with E-state index in [-0.39, 0.29) is 5.97 Å². The molecule has 116 valence electrons. The lowest BCUT2D eigenvalue weighted by molar-refractivity contribution is 0.0600. The Balaban J connectivity index is 2.00. The van der Waals surface area contributed by atoms with Crippen molar-refractivity contribution in [3.63, 3.8) is 0 Å². The van der Waals surface area contributed by atoms with Crippen molar-refractivity contribution < 1.29 is 9.53 Å². The second-order valence-electron chi connectivity index (χ2n) is 6.15. The van der Waals surface area contributed by atoms with Gasteiger partial charge in [-0.1, -0.05) is 26.0 Å². The number of methoxy groups -OCH3 is 1. The van der Waals surface area contributed by atoms with E-state index in [0.717, 1.165) is 26.2 Å². The van der Waals surface area contributed by atoms with Gasteiger partial charge >= 0.3 is 5.97 Å². The molecule has 21 heavy (non-hydrogen) atoms. The van der Waals surface area contributed by atoms with Gasteiger partial charge in [0.25, 0.3) is 0 Å². The molecule has 0 aliphatic carbocycles. The quantitative estimate of drug-likeness (QED) is 0.845. The predicted molar refractivity (Wildman–Crippen MR) is 84.3 cm³/mol. The normalized spacial score (nSPS) is 19.7. The summed E-state index contributed by atoms with van der Waals surface area (Å²) in [6, 6.07) is 8.35. The second-order valence-corrected chi connectivity index (χ2v) is 6.15. The number of ether oxygens (including phenoxy) is 1. The van der Waals surface area contributed by atoms with Gasteiger partial charge in [0.05, 0.1) is 12.7 Å². The average Bonchev–Trinajstić information content (AvgIpc) is 2.49. The number of carbonyl (C=O) groups excluding carboxylic acids is 1. The lowest BCUT2D eigenvalue weighted by atomic mass is 10.00. The Hall–Kier alpha value is -1.39. The van der Waals surface area contributed by atoms with Gasteiger partial charge in [0, 0.05) is 32.2 Å². The highest BCUT2D eigenvalue weighted by molar-refractivity contribution is 5.89. The minimum Gasteiger partial charge on any atom is -0.465 e. The maximum Gasteiger partial charge on any atom is 0.337 e. The molecule has 2 rings (SSSR count). The van der Waals surface area contributed by atoms with Gasteiger partial charge in [-0.05, 0) is 30.0 Å². The largest absolute Gasteiger partial charge is 0.465 e. The molecule has 0 amide bonds. The van der Waals surface area contributed by atoms with E-state index in [2.05, 4.69) is 24.1 Å². The van der Waals surface area contributed by atoms with Crippen LogP contribution in [0.1, 0.15) is 36.2 Å². The van der Waals surface area contributed by atoms with Crippen LogP contribution in [-0.2, 0) is 11.3 Å². The molecule has 1 N–H and O–H groups in total. The first-order chi connectivity index (χ1) is 10.1. The fourth-order valence-corrected chi connectivity index (χ4v) is 2.89. The first kappa shape index (κ1) is 16.0. The first-order valence-corrected chi connectivity index (χ1v) is 7.72. The van der Waals surface area contributed by atoms with E-state index in [1.165, 1.54) is 19.1 Å². The molecule has 1 aromatic carbocycles. The molecule has 0 unspecified atom stereocenters. The molecule has 1 aliphatic rings. The zero-order valence-electron chi connectivity index (χ0n) is 13.3. The Kier molecular flexibility index (Phi) is 5.76. The minimum absolute atomic E-state index is 0.276. The third-order valence-corrected chi connectivity index (χ3v) is 3.98. The number of rotatable bonds is 5. The van der Waals surface area contributed by atoms with Crippen molar-refractivity contribution in [1.29, 1.82) is 0 Å². The Morgan fingerprint density at radius 3 is 2.71 bits per heavy atom. The highest BCUT2D eigenvalue weighted by Gasteiger charge is 2.22. The van der Waals surface area contributed by atoms with Crippen molar-refractivity contribution in [2.75, 3.05) is 26.7 Å². The summed E-state index contributed by atoms with van der Waals surface area (Å²) in [6.45, 7) is 8.69. The van der Waals surface area contributed by atoms with Crippen LogP contribution in [0, 0.1) is 5.92 Å². The summed E-state index contributed by atoms with van der Waals surface area (Å²) in [4.78, 5) is 14.0. The molecular formula is C17H26N2O2. The van der Waals surface area contributed by atoms with Crippen molar-refractivity contribution in [3.8, 4) is 0 Å². The van der Waals surface area contributed by atoms with Crippen molar-refractivity contribution in [2.24, 2.45) is 5.92 Å². The van der Waals surface area contributed by atoms with Gasteiger partial charge in [-0.2, -0.15) is 0 Å². The molecule has 0 radical (unpaired) electrons. The summed E-state index contributed by atoms with van der Waals surface area (Å²) in [7, 11) is 1.41. The molecule has 0 bridgehead atoms. The second kappa shape index (κ2) is 7.57. The van der Waals surface area contributed by atoms with E-state index in [0.29, 0.717) is 17.5 Å². The number of hydrogen-bond acceptors (Lipinski definition) is 4. The Labute approximate surface area is 127 Å². The summed E-state index contributed by atoms with van der Waals surface area (Å²) < 4.78 is 4.73. The molecule has 0 aromatic heterocycles. The van der Waals surface area contributed by atoms with E-state index in [9.17, 15) is 4.79 Å². The van der Waals surface area contributed by atoms with Gasteiger partial charge < -0.3 is 10.1 Å². The van der Waals surface area contributed by atoms with Gasteiger partial charge in [-0.15, -0.1) is 0 Å². The SMILES string of the molecule is COC(=O)c1ccc(CN2CCNC[C@@H]2CC(C)C)cc1. The number of nitrogens with one attached hydrogen (secondary N) is 1. The Morgan fingerprint density at radius 1 is 1.38 bits per heavy atom. The predicted octanol–water partition coefficient (Wildman–Crippen LogP) is 2.29. The number of piperazine rings is 1. The highest BCUT2D eigenvalue weighted by Crippen LogP contribution is 2.17. The molecule has 4 heteroatoms. The van der Waals surface area contributed by atoms with Gasteiger partial charge in [0.1, 0.15) is 0 Å². The van der Waals surface area contributed by atoms with E-state index in [4.69, 9.17) is 4.74 Å². The molecular weight excluding hydrogens is 264 g/mol. The summed E-state index contributed by atoms with van der Waals surface area (Å²) in [5, 5.41) is 3.48. The summed E-state index contributed by atoms with van der Waals surface area (Å²) in [6.07, 6.45) is 1.22. The molecule has 0 spiro atoms. The number of hydrogen-bond donors (Lipinski definition) is 1. The van der Waals surface area contributed by atoms with E-state index in [1.54, 1.807) is 0 Å². The maximum absolute atomic E-state index is 11.4. The fourth-order valence-electron chi connectivity index (χ4n) is 2.89. The van der Waals surface area contributed by atoms with Crippen LogP contribution in [0.3, 0.4) is 0 Å². The monoisotopic (exact) mass is 290 g/mol. The Morgan fingerprint density at radius 2 is 2.10 bits per heavy atom. The number of benzene rings is 1. The van der Waals surface area contributed by atoms with Crippen LogP contribution in [0.25, 0.3) is 0 Å². The molecule has 4 nitrogen and oxygen atoms in total. The van der Waals surface area contributed by atoms with Crippen molar-refractivity contribution in [3.05, 3.63) is 35.4 Å². The highest BCUT2D eigenvalue weighted by atomic mass is 16.5. The van der Waals surface area contributed by atoms with Crippen LogP contribution >= 0.6 is 0 Å². The van der Waals surface area contributed by atoms with E-state index >= 15 is 0 Å². The number of nitrogens with zero attached hydrogens (tertiary/aromatic N) is 1. The summed E-state index contributed by atoms with van der Waals surface area (Å²) >= 11 is 0. The first-order valence-electron chi connectivity index (χ1n) is 7.72. The van der Waals surface area contributed by atoms with Crippen molar-refractivity contribution in [1.82, 2.24) is 10.2 Å². The molecule has 1 heterocycles. The van der Waals surface area contributed by atoms with Gasteiger partial charge in [0.2, 0.25) is 0 Å². The zero-order valence-corrected chi connectivity index (χ0v) is 13.3. The fraction of sp³-hybridized carbons (Fsp3) is 0.588. The Bertz CT molecular complexity index is 456.